The van der Waals surface area contributed by atoms with Crippen LogP contribution in [0.1, 0.15) is 27.0 Å². The molecule has 2 rings (SSSR count). The lowest BCUT2D eigenvalue weighted by Crippen LogP contribution is -2.34. The topological polar surface area (TPSA) is 50.4 Å². The van der Waals surface area contributed by atoms with Crippen molar-refractivity contribution >= 4 is 52.1 Å². The summed E-state index contributed by atoms with van der Waals surface area (Å²) in [5, 5.41) is 6.46. The minimum atomic E-state index is -0.457. The van der Waals surface area contributed by atoms with Gasteiger partial charge in [-0.1, -0.05) is 40.9 Å². The second-order valence-corrected chi connectivity index (χ2v) is 6.90. The Hall–Kier alpha value is -1.82. The highest BCUT2D eigenvalue weighted by Crippen LogP contribution is 2.32. The molecule has 0 aliphatic heterocycles. The second kappa shape index (κ2) is 8.04. The molecule has 4 nitrogen and oxygen atoms in total. The fraction of sp³-hybridized carbons (Fsp3) is 0.222. The Kier molecular flexibility index (Phi) is 6.27. The van der Waals surface area contributed by atoms with Crippen LogP contribution in [0.4, 0.5) is 5.69 Å². The number of thiocarbonyl (C=S) groups is 1. The zero-order valence-corrected chi connectivity index (χ0v) is 16.6. The average molecular weight is 397 g/mol. The molecule has 2 aromatic carbocycles. The molecule has 0 aliphatic rings. The third-order valence-electron chi connectivity index (χ3n) is 3.60. The maximum absolute atomic E-state index is 12.5. The number of carbonyl (C=O) groups is 1. The number of benzene rings is 2. The minimum Gasteiger partial charge on any atom is -0.494 e. The van der Waals surface area contributed by atoms with Gasteiger partial charge >= 0.3 is 0 Å². The molecule has 2 aromatic rings. The number of rotatable bonds is 3. The molecule has 7 heteroatoms. The predicted octanol–water partition coefficient (Wildman–Crippen LogP) is 5.05. The Morgan fingerprint density at radius 1 is 1.08 bits per heavy atom. The van der Waals surface area contributed by atoms with Crippen LogP contribution < -0.4 is 15.4 Å². The van der Waals surface area contributed by atoms with Crippen molar-refractivity contribution in [3.63, 3.8) is 0 Å². The van der Waals surface area contributed by atoms with Crippen molar-refractivity contribution in [2.24, 2.45) is 0 Å². The molecule has 1 amide bonds. The molecule has 0 aromatic heterocycles. The van der Waals surface area contributed by atoms with Gasteiger partial charge in [-0.25, -0.2) is 0 Å². The first-order chi connectivity index (χ1) is 11.7. The van der Waals surface area contributed by atoms with Crippen LogP contribution in [0.15, 0.2) is 24.3 Å². The maximum atomic E-state index is 12.5. The van der Waals surface area contributed by atoms with E-state index in [1.807, 2.05) is 32.9 Å². The first-order valence-electron chi connectivity index (χ1n) is 7.46. The summed E-state index contributed by atoms with van der Waals surface area (Å²) in [7, 11) is 1.43. The number of aryl methyl sites for hydroxylation is 3. The Labute approximate surface area is 162 Å². The largest absolute Gasteiger partial charge is 0.494 e. The number of amides is 1. The maximum Gasteiger partial charge on any atom is 0.261 e. The van der Waals surface area contributed by atoms with Crippen LogP contribution in [0.25, 0.3) is 0 Å². The normalized spacial score (nSPS) is 10.3. The van der Waals surface area contributed by atoms with Gasteiger partial charge in [-0.3, -0.25) is 10.1 Å². The van der Waals surface area contributed by atoms with Crippen LogP contribution >= 0.6 is 35.4 Å². The number of ether oxygens (including phenoxy) is 1. The van der Waals surface area contributed by atoms with Crippen molar-refractivity contribution in [1.82, 2.24) is 5.32 Å². The van der Waals surface area contributed by atoms with E-state index in [1.54, 1.807) is 0 Å². The summed E-state index contributed by atoms with van der Waals surface area (Å²) in [6.45, 7) is 5.98. The number of nitrogens with one attached hydrogen (secondary N) is 2. The number of carbonyl (C=O) groups excluding carboxylic acids is 1. The Balaban J connectivity index is 2.21. The van der Waals surface area contributed by atoms with Crippen LogP contribution in [0.2, 0.25) is 10.0 Å². The first kappa shape index (κ1) is 19.5. The van der Waals surface area contributed by atoms with Crippen LogP contribution in [0, 0.1) is 20.8 Å². The van der Waals surface area contributed by atoms with E-state index in [9.17, 15) is 4.79 Å². The molecule has 0 saturated carbocycles. The third-order valence-corrected chi connectivity index (χ3v) is 4.30. The molecule has 25 heavy (non-hydrogen) atoms. The smallest absolute Gasteiger partial charge is 0.261 e. The Morgan fingerprint density at radius 2 is 1.68 bits per heavy atom. The van der Waals surface area contributed by atoms with Gasteiger partial charge in [0.25, 0.3) is 5.91 Å². The van der Waals surface area contributed by atoms with E-state index in [-0.39, 0.29) is 21.4 Å². The summed E-state index contributed by atoms with van der Waals surface area (Å²) < 4.78 is 5.19. The van der Waals surface area contributed by atoms with E-state index in [0.29, 0.717) is 5.02 Å². The first-order valence-corrected chi connectivity index (χ1v) is 8.62. The van der Waals surface area contributed by atoms with Crippen molar-refractivity contribution in [2.45, 2.75) is 20.8 Å². The molecule has 0 bridgehead atoms. The molecule has 0 heterocycles. The van der Waals surface area contributed by atoms with Gasteiger partial charge in [-0.05, 0) is 56.2 Å². The number of hydrogen-bond donors (Lipinski definition) is 2. The summed E-state index contributed by atoms with van der Waals surface area (Å²) >= 11 is 17.3. The van der Waals surface area contributed by atoms with E-state index >= 15 is 0 Å². The fourth-order valence-corrected chi connectivity index (χ4v) is 3.39. The third kappa shape index (κ3) is 4.63. The van der Waals surface area contributed by atoms with Crippen molar-refractivity contribution < 1.29 is 9.53 Å². The van der Waals surface area contributed by atoms with Crippen LogP contribution in [-0.2, 0) is 0 Å². The van der Waals surface area contributed by atoms with Gasteiger partial charge in [0, 0.05) is 10.7 Å². The van der Waals surface area contributed by atoms with E-state index in [1.165, 1.54) is 19.2 Å². The summed E-state index contributed by atoms with van der Waals surface area (Å²) in [6.07, 6.45) is 0. The molecule has 0 fully saturated rings. The lowest BCUT2D eigenvalue weighted by molar-refractivity contribution is 0.0975. The van der Waals surface area contributed by atoms with Crippen LogP contribution in [-0.4, -0.2) is 18.1 Å². The molecule has 132 valence electrons. The second-order valence-electron chi connectivity index (χ2n) is 5.65. The van der Waals surface area contributed by atoms with E-state index < -0.39 is 5.91 Å². The molecule has 2 N–H and O–H groups in total. The summed E-state index contributed by atoms with van der Waals surface area (Å²) in [6, 6.07) is 7.07. The van der Waals surface area contributed by atoms with Gasteiger partial charge in [-0.2, -0.15) is 0 Å². The lowest BCUT2D eigenvalue weighted by Gasteiger charge is -2.16. The lowest BCUT2D eigenvalue weighted by atomic mass is 10.1. The molecule has 0 radical (unpaired) electrons. The number of hydrogen-bond acceptors (Lipinski definition) is 3. The number of methoxy groups -OCH3 is 1. The monoisotopic (exact) mass is 396 g/mol. The van der Waals surface area contributed by atoms with Crippen molar-refractivity contribution in [1.29, 1.82) is 0 Å². The fourth-order valence-electron chi connectivity index (χ4n) is 2.63. The van der Waals surface area contributed by atoms with E-state index in [2.05, 4.69) is 10.6 Å². The van der Waals surface area contributed by atoms with Crippen molar-refractivity contribution in [3.8, 4) is 5.75 Å². The van der Waals surface area contributed by atoms with Gasteiger partial charge in [0.15, 0.2) is 5.11 Å². The molecule has 0 aliphatic carbocycles. The minimum absolute atomic E-state index is 0.179. The number of anilines is 1. The van der Waals surface area contributed by atoms with Gasteiger partial charge < -0.3 is 10.1 Å². The van der Waals surface area contributed by atoms with Crippen molar-refractivity contribution in [2.75, 3.05) is 12.4 Å². The molecule has 0 atom stereocenters. The summed E-state index contributed by atoms with van der Waals surface area (Å²) in [5.41, 5.74) is 4.32. The summed E-state index contributed by atoms with van der Waals surface area (Å²) in [5.74, 6) is -0.213. The van der Waals surface area contributed by atoms with Gasteiger partial charge in [0.2, 0.25) is 0 Å². The molecule has 0 spiro atoms. The molecule has 0 unspecified atom stereocenters. The highest BCUT2D eigenvalue weighted by molar-refractivity contribution is 7.80. The van der Waals surface area contributed by atoms with Crippen LogP contribution in [0.5, 0.6) is 5.75 Å². The van der Waals surface area contributed by atoms with Crippen molar-refractivity contribution in [3.05, 3.63) is 56.6 Å². The zero-order chi connectivity index (χ0) is 18.7. The predicted molar refractivity (Wildman–Crippen MR) is 107 cm³/mol. The summed E-state index contributed by atoms with van der Waals surface area (Å²) in [4.78, 5) is 12.5. The Morgan fingerprint density at radius 3 is 2.24 bits per heavy atom. The van der Waals surface area contributed by atoms with E-state index in [0.717, 1.165) is 22.4 Å². The SMILES string of the molecule is COc1c(Cl)cc(Cl)cc1C(=O)NC(=S)Nc1c(C)cc(C)cc1C. The average Bonchev–Trinajstić information content (AvgIpc) is 2.50. The molecular formula is C18H18Cl2N2O2S. The van der Waals surface area contributed by atoms with E-state index in [4.69, 9.17) is 40.2 Å². The Bertz CT molecular complexity index is 830. The standard InChI is InChI=1S/C18H18Cl2N2O2S/c1-9-5-10(2)15(11(3)6-9)21-18(25)22-17(23)13-7-12(19)8-14(20)16(13)24-4/h5-8H,1-4H3,(H2,21,22,23,25). The quantitative estimate of drug-likeness (QED) is 0.712. The molecular weight excluding hydrogens is 379 g/mol. The van der Waals surface area contributed by atoms with Gasteiger partial charge in [0.1, 0.15) is 5.75 Å². The zero-order valence-electron chi connectivity index (χ0n) is 14.3. The highest BCUT2D eigenvalue weighted by Gasteiger charge is 2.18. The molecule has 0 saturated heterocycles. The van der Waals surface area contributed by atoms with Gasteiger partial charge in [-0.15, -0.1) is 0 Å². The van der Waals surface area contributed by atoms with Crippen LogP contribution in [0.3, 0.4) is 0 Å². The van der Waals surface area contributed by atoms with Gasteiger partial charge in [0.05, 0.1) is 17.7 Å². The highest BCUT2D eigenvalue weighted by atomic mass is 35.5. The number of halogens is 2.